The number of nitrogens with zero attached hydrogens (tertiary/aromatic N) is 1. The van der Waals surface area contributed by atoms with Gasteiger partial charge in [0.25, 0.3) is 0 Å². The number of halogens is 2. The first kappa shape index (κ1) is 26.1. The summed E-state index contributed by atoms with van der Waals surface area (Å²) < 4.78 is 0. The fourth-order valence-electron chi connectivity index (χ4n) is 2.80. The molecule has 3 amide bonds. The van der Waals surface area contributed by atoms with Gasteiger partial charge in [0, 0.05) is 11.4 Å². The third-order valence-corrected chi connectivity index (χ3v) is 4.24. The zero-order chi connectivity index (χ0) is 18.9. The SMILES string of the molecule is Cc1ccc(NC(=O)CNC(=O)CN)cc1NC(=O)CN1CCCCC1.Cl.Cl. The molecule has 10 heteroatoms. The minimum atomic E-state index is -0.394. The lowest BCUT2D eigenvalue weighted by molar-refractivity contribution is -0.123. The van der Waals surface area contributed by atoms with Gasteiger partial charge in [-0.25, -0.2) is 0 Å². The van der Waals surface area contributed by atoms with Crippen molar-refractivity contribution in [1.29, 1.82) is 0 Å². The Morgan fingerprint density at radius 2 is 1.68 bits per heavy atom. The molecule has 2 rings (SSSR count). The topological polar surface area (TPSA) is 117 Å². The number of aryl methyl sites for hydroxylation is 1. The summed E-state index contributed by atoms with van der Waals surface area (Å²) in [7, 11) is 0. The summed E-state index contributed by atoms with van der Waals surface area (Å²) in [6, 6.07) is 5.29. The second-order valence-corrected chi connectivity index (χ2v) is 6.44. The van der Waals surface area contributed by atoms with Crippen LogP contribution < -0.4 is 21.7 Å². The van der Waals surface area contributed by atoms with Crippen LogP contribution in [0.15, 0.2) is 18.2 Å². The van der Waals surface area contributed by atoms with Crippen molar-refractivity contribution in [2.24, 2.45) is 5.73 Å². The maximum atomic E-state index is 12.3. The van der Waals surface area contributed by atoms with E-state index in [1.165, 1.54) is 6.42 Å². The van der Waals surface area contributed by atoms with Crippen molar-refractivity contribution in [2.45, 2.75) is 26.2 Å². The molecule has 1 saturated heterocycles. The number of piperidine rings is 1. The van der Waals surface area contributed by atoms with Crippen molar-refractivity contribution in [1.82, 2.24) is 10.2 Å². The second-order valence-electron chi connectivity index (χ2n) is 6.44. The summed E-state index contributed by atoms with van der Waals surface area (Å²) in [6.45, 7) is 3.87. The fourth-order valence-corrected chi connectivity index (χ4v) is 2.80. The summed E-state index contributed by atoms with van der Waals surface area (Å²) in [5, 5.41) is 8.00. The lowest BCUT2D eigenvalue weighted by atomic mass is 10.1. The molecule has 28 heavy (non-hydrogen) atoms. The van der Waals surface area contributed by atoms with E-state index in [1.54, 1.807) is 12.1 Å². The molecule has 0 unspecified atom stereocenters. The molecule has 0 saturated carbocycles. The van der Waals surface area contributed by atoms with Gasteiger partial charge < -0.3 is 21.7 Å². The van der Waals surface area contributed by atoms with Gasteiger partial charge in [-0.3, -0.25) is 19.3 Å². The summed E-state index contributed by atoms with van der Waals surface area (Å²) in [4.78, 5) is 37.4. The number of hydrogen-bond acceptors (Lipinski definition) is 5. The van der Waals surface area contributed by atoms with Crippen molar-refractivity contribution in [3.63, 3.8) is 0 Å². The first-order valence-electron chi connectivity index (χ1n) is 8.87. The zero-order valence-electron chi connectivity index (χ0n) is 16.0. The molecule has 158 valence electrons. The molecule has 0 bridgehead atoms. The van der Waals surface area contributed by atoms with Crippen molar-refractivity contribution >= 4 is 53.9 Å². The number of nitrogens with two attached hydrogens (primary N) is 1. The minimum Gasteiger partial charge on any atom is -0.346 e. The lowest BCUT2D eigenvalue weighted by Crippen LogP contribution is -2.37. The van der Waals surface area contributed by atoms with E-state index in [4.69, 9.17) is 5.73 Å². The van der Waals surface area contributed by atoms with Crippen LogP contribution in [0.3, 0.4) is 0 Å². The number of benzene rings is 1. The van der Waals surface area contributed by atoms with Crippen LogP contribution in [0.4, 0.5) is 11.4 Å². The van der Waals surface area contributed by atoms with E-state index in [1.807, 2.05) is 13.0 Å². The lowest BCUT2D eigenvalue weighted by Gasteiger charge is -2.25. The van der Waals surface area contributed by atoms with Gasteiger partial charge in [0.1, 0.15) is 0 Å². The number of rotatable bonds is 7. The van der Waals surface area contributed by atoms with Crippen LogP contribution in [0.25, 0.3) is 0 Å². The highest BCUT2D eigenvalue weighted by Crippen LogP contribution is 2.20. The quantitative estimate of drug-likeness (QED) is 0.516. The van der Waals surface area contributed by atoms with Gasteiger partial charge in [-0.15, -0.1) is 24.8 Å². The molecule has 1 aliphatic rings. The summed E-state index contributed by atoms with van der Waals surface area (Å²) in [5.74, 6) is -0.815. The van der Waals surface area contributed by atoms with E-state index in [9.17, 15) is 14.4 Å². The number of carbonyl (C=O) groups excluding carboxylic acids is 3. The average Bonchev–Trinajstić information content (AvgIpc) is 2.63. The van der Waals surface area contributed by atoms with Gasteiger partial charge in [-0.05, 0) is 50.6 Å². The predicted octanol–water partition coefficient (Wildman–Crippen LogP) is 1.28. The zero-order valence-corrected chi connectivity index (χ0v) is 17.6. The van der Waals surface area contributed by atoms with Gasteiger partial charge in [-0.1, -0.05) is 12.5 Å². The van der Waals surface area contributed by atoms with Crippen molar-refractivity contribution < 1.29 is 14.4 Å². The molecule has 1 fully saturated rings. The van der Waals surface area contributed by atoms with Crippen LogP contribution in [-0.4, -0.2) is 55.3 Å². The van der Waals surface area contributed by atoms with E-state index in [-0.39, 0.29) is 49.7 Å². The first-order chi connectivity index (χ1) is 12.5. The Hall–Kier alpha value is -1.87. The minimum absolute atomic E-state index is 0. The van der Waals surface area contributed by atoms with Crippen LogP contribution in [-0.2, 0) is 14.4 Å². The van der Waals surface area contributed by atoms with Gasteiger partial charge in [-0.2, -0.15) is 0 Å². The molecule has 1 aromatic carbocycles. The highest BCUT2D eigenvalue weighted by Gasteiger charge is 2.15. The molecule has 0 aliphatic carbocycles. The highest BCUT2D eigenvalue weighted by atomic mass is 35.5. The van der Waals surface area contributed by atoms with Crippen molar-refractivity contribution in [2.75, 3.05) is 43.4 Å². The number of likely N-dealkylation sites (tertiary alicyclic amines) is 1. The van der Waals surface area contributed by atoms with Crippen LogP contribution in [0.5, 0.6) is 0 Å². The maximum absolute atomic E-state index is 12.3. The Labute approximate surface area is 177 Å². The average molecular weight is 434 g/mol. The number of hydrogen-bond donors (Lipinski definition) is 4. The number of amides is 3. The van der Waals surface area contributed by atoms with Gasteiger partial charge in [0.05, 0.1) is 19.6 Å². The van der Waals surface area contributed by atoms with Crippen LogP contribution in [0.2, 0.25) is 0 Å². The summed E-state index contributed by atoms with van der Waals surface area (Å²) in [6.07, 6.45) is 3.49. The van der Waals surface area contributed by atoms with Gasteiger partial charge in [0.15, 0.2) is 0 Å². The summed E-state index contributed by atoms with van der Waals surface area (Å²) >= 11 is 0. The molecule has 0 radical (unpaired) electrons. The fraction of sp³-hybridized carbons (Fsp3) is 0.500. The van der Waals surface area contributed by atoms with Crippen LogP contribution in [0.1, 0.15) is 24.8 Å². The largest absolute Gasteiger partial charge is 0.346 e. The monoisotopic (exact) mass is 433 g/mol. The maximum Gasteiger partial charge on any atom is 0.243 e. The molecule has 1 aliphatic heterocycles. The number of carbonyl (C=O) groups is 3. The van der Waals surface area contributed by atoms with E-state index in [0.717, 1.165) is 31.5 Å². The molecule has 5 N–H and O–H groups in total. The van der Waals surface area contributed by atoms with Gasteiger partial charge >= 0.3 is 0 Å². The van der Waals surface area contributed by atoms with Gasteiger partial charge in [0.2, 0.25) is 17.7 Å². The molecule has 0 atom stereocenters. The van der Waals surface area contributed by atoms with Crippen molar-refractivity contribution in [3.8, 4) is 0 Å². The van der Waals surface area contributed by atoms with Crippen molar-refractivity contribution in [3.05, 3.63) is 23.8 Å². The van der Waals surface area contributed by atoms with E-state index in [2.05, 4.69) is 20.9 Å². The number of nitrogens with one attached hydrogen (secondary N) is 3. The predicted molar refractivity (Wildman–Crippen MR) is 115 cm³/mol. The molecular formula is C18H29Cl2N5O3. The van der Waals surface area contributed by atoms with E-state index in [0.29, 0.717) is 17.9 Å². The first-order valence-corrected chi connectivity index (χ1v) is 8.87. The second kappa shape index (κ2) is 13.3. The standard InChI is InChI=1S/C18H27N5O3.2ClH/c1-13-5-6-14(21-17(25)11-20-16(24)10-19)9-15(13)22-18(26)12-23-7-3-2-4-8-23;;/h5-6,9H,2-4,7-8,10-12,19H2,1H3,(H,20,24)(H,21,25)(H,22,26);2*1H. The molecular weight excluding hydrogens is 405 g/mol. The number of anilines is 2. The third kappa shape index (κ3) is 8.88. The Bertz CT molecular complexity index is 667. The van der Waals surface area contributed by atoms with Crippen LogP contribution in [0, 0.1) is 6.92 Å². The Balaban J connectivity index is 0.00000364. The highest BCUT2D eigenvalue weighted by molar-refractivity contribution is 5.97. The Kier molecular flexibility index (Phi) is 12.4. The molecule has 8 nitrogen and oxygen atoms in total. The Morgan fingerprint density at radius 3 is 2.32 bits per heavy atom. The molecule has 1 heterocycles. The molecule has 1 aromatic rings. The molecule has 0 spiro atoms. The summed E-state index contributed by atoms with van der Waals surface area (Å²) in [5.41, 5.74) is 7.30. The smallest absolute Gasteiger partial charge is 0.243 e. The van der Waals surface area contributed by atoms with E-state index < -0.39 is 5.91 Å². The Morgan fingerprint density at radius 1 is 1.00 bits per heavy atom. The van der Waals surface area contributed by atoms with Crippen LogP contribution >= 0.6 is 24.8 Å². The molecule has 0 aromatic heterocycles. The third-order valence-electron chi connectivity index (χ3n) is 4.24. The van der Waals surface area contributed by atoms with E-state index >= 15 is 0 Å². The normalized spacial score (nSPS) is 13.5.